The van der Waals surface area contributed by atoms with E-state index >= 15 is 0 Å². The Morgan fingerprint density at radius 3 is 2.44 bits per heavy atom. The number of methoxy groups -OCH3 is 1. The van der Waals surface area contributed by atoms with Crippen LogP contribution in [0.5, 0.6) is 0 Å². The van der Waals surface area contributed by atoms with Crippen LogP contribution in [0, 0.1) is 0 Å². The van der Waals surface area contributed by atoms with Gasteiger partial charge in [-0.25, -0.2) is 4.79 Å². The predicted molar refractivity (Wildman–Crippen MR) is 69.1 cm³/mol. The summed E-state index contributed by atoms with van der Waals surface area (Å²) in [6.45, 7) is 3.24. The van der Waals surface area contributed by atoms with E-state index in [4.69, 9.17) is 11.5 Å². The van der Waals surface area contributed by atoms with Crippen molar-refractivity contribution in [3.05, 3.63) is 23.8 Å². The number of primary amides is 1. The highest BCUT2D eigenvalue weighted by Gasteiger charge is 2.26. The van der Waals surface area contributed by atoms with Crippen LogP contribution in [0.1, 0.15) is 24.2 Å². The molecule has 0 aliphatic heterocycles. The van der Waals surface area contributed by atoms with E-state index in [2.05, 4.69) is 10.1 Å². The number of anilines is 2. The van der Waals surface area contributed by atoms with E-state index < -0.39 is 17.4 Å². The Bertz CT molecular complexity index is 483. The first-order valence-corrected chi connectivity index (χ1v) is 5.34. The number of carbonyl (C=O) groups excluding carboxylic acids is 2. The molecular formula is C12H17N3O3. The Morgan fingerprint density at radius 2 is 1.94 bits per heavy atom. The normalized spacial score (nSPS) is 10.8. The summed E-state index contributed by atoms with van der Waals surface area (Å²) in [4.78, 5) is 22.9. The summed E-state index contributed by atoms with van der Waals surface area (Å²) in [5.74, 6) is -1.07. The van der Waals surface area contributed by atoms with Crippen molar-refractivity contribution in [2.24, 2.45) is 5.73 Å². The number of nitrogens with two attached hydrogens (primary N) is 2. The number of amides is 1. The van der Waals surface area contributed by atoms with Crippen molar-refractivity contribution in [2.75, 3.05) is 18.2 Å². The lowest BCUT2D eigenvalue weighted by Gasteiger charge is -2.25. The molecule has 0 aliphatic carbocycles. The predicted octanol–water partition coefficient (Wildman–Crippen LogP) is 0.731. The van der Waals surface area contributed by atoms with Crippen molar-refractivity contribution < 1.29 is 14.3 Å². The molecular weight excluding hydrogens is 234 g/mol. The minimum atomic E-state index is -0.987. The Kier molecular flexibility index (Phi) is 3.80. The van der Waals surface area contributed by atoms with E-state index in [1.807, 2.05) is 0 Å². The summed E-state index contributed by atoms with van der Waals surface area (Å²) in [5.41, 5.74) is 11.0. The molecule has 98 valence electrons. The number of hydrogen-bond donors (Lipinski definition) is 3. The van der Waals surface area contributed by atoms with Crippen LogP contribution >= 0.6 is 0 Å². The molecule has 0 heterocycles. The quantitative estimate of drug-likeness (QED) is 0.540. The number of esters is 1. The number of nitrogens with one attached hydrogen (secondary N) is 1. The van der Waals surface area contributed by atoms with Crippen LogP contribution in [0.25, 0.3) is 0 Å². The number of hydrogen-bond acceptors (Lipinski definition) is 5. The van der Waals surface area contributed by atoms with Gasteiger partial charge in [-0.3, -0.25) is 4.79 Å². The minimum absolute atomic E-state index is 0.256. The van der Waals surface area contributed by atoms with Gasteiger partial charge in [-0.15, -0.1) is 0 Å². The summed E-state index contributed by atoms with van der Waals surface area (Å²) >= 11 is 0. The van der Waals surface area contributed by atoms with E-state index in [0.29, 0.717) is 11.4 Å². The van der Waals surface area contributed by atoms with Crippen LogP contribution in [0.15, 0.2) is 18.2 Å². The third-order valence-electron chi connectivity index (χ3n) is 2.51. The lowest BCUT2D eigenvalue weighted by Crippen LogP contribution is -2.45. The van der Waals surface area contributed by atoms with Crippen molar-refractivity contribution in [1.82, 2.24) is 0 Å². The first kappa shape index (κ1) is 13.8. The molecule has 0 aliphatic rings. The summed E-state index contributed by atoms with van der Waals surface area (Å²) in [5, 5.41) is 2.90. The number of nitrogen functional groups attached to an aromatic ring is 1. The number of ether oxygens (including phenoxy) is 1. The summed E-state index contributed by atoms with van der Waals surface area (Å²) < 4.78 is 4.66. The maximum Gasteiger partial charge on any atom is 0.340 e. The van der Waals surface area contributed by atoms with Gasteiger partial charge in [-0.2, -0.15) is 0 Å². The molecule has 0 radical (unpaired) electrons. The first-order valence-electron chi connectivity index (χ1n) is 5.34. The Morgan fingerprint density at radius 1 is 1.33 bits per heavy atom. The van der Waals surface area contributed by atoms with Crippen molar-refractivity contribution >= 4 is 23.3 Å². The van der Waals surface area contributed by atoms with Crippen LogP contribution < -0.4 is 16.8 Å². The molecule has 0 bridgehead atoms. The topological polar surface area (TPSA) is 107 Å². The molecule has 0 aromatic heterocycles. The standard InChI is InChI=1S/C12H17N3O3/c1-12(2,11(14)17)15-9-5-4-7(13)6-8(9)10(16)18-3/h4-6,15H,13H2,1-3H3,(H2,14,17). The fourth-order valence-corrected chi connectivity index (χ4v) is 1.35. The molecule has 0 unspecified atom stereocenters. The van der Waals surface area contributed by atoms with Crippen LogP contribution in [-0.2, 0) is 9.53 Å². The molecule has 18 heavy (non-hydrogen) atoms. The SMILES string of the molecule is COC(=O)c1cc(N)ccc1NC(C)(C)C(N)=O. The Balaban J connectivity index is 3.17. The molecule has 6 nitrogen and oxygen atoms in total. The lowest BCUT2D eigenvalue weighted by molar-refractivity contribution is -0.121. The maximum absolute atomic E-state index is 11.6. The average molecular weight is 251 g/mol. The Hall–Kier alpha value is -2.24. The number of benzene rings is 1. The molecule has 5 N–H and O–H groups in total. The van der Waals surface area contributed by atoms with Crippen LogP contribution in [-0.4, -0.2) is 24.5 Å². The fourth-order valence-electron chi connectivity index (χ4n) is 1.35. The van der Waals surface area contributed by atoms with Crippen molar-refractivity contribution in [1.29, 1.82) is 0 Å². The van der Waals surface area contributed by atoms with Gasteiger partial charge in [-0.05, 0) is 32.0 Å². The van der Waals surface area contributed by atoms with Gasteiger partial charge in [0.25, 0.3) is 0 Å². The molecule has 0 spiro atoms. The van der Waals surface area contributed by atoms with E-state index in [9.17, 15) is 9.59 Å². The zero-order valence-electron chi connectivity index (χ0n) is 10.6. The Labute approximate surface area is 105 Å². The van der Waals surface area contributed by atoms with Crippen molar-refractivity contribution in [2.45, 2.75) is 19.4 Å². The first-order chi connectivity index (χ1) is 8.27. The second-order valence-corrected chi connectivity index (χ2v) is 4.41. The molecule has 0 atom stereocenters. The summed E-state index contributed by atoms with van der Waals surface area (Å²) in [7, 11) is 1.27. The van der Waals surface area contributed by atoms with Gasteiger partial charge in [0.1, 0.15) is 5.54 Å². The van der Waals surface area contributed by atoms with E-state index in [1.165, 1.54) is 13.2 Å². The molecule has 1 amide bonds. The number of carbonyl (C=O) groups is 2. The van der Waals surface area contributed by atoms with Gasteiger partial charge in [0.05, 0.1) is 12.7 Å². The van der Waals surface area contributed by atoms with Crippen molar-refractivity contribution in [3.8, 4) is 0 Å². The highest BCUT2D eigenvalue weighted by Crippen LogP contribution is 2.23. The second kappa shape index (κ2) is 4.95. The van der Waals surface area contributed by atoms with E-state index in [-0.39, 0.29) is 5.56 Å². The minimum Gasteiger partial charge on any atom is -0.465 e. The van der Waals surface area contributed by atoms with Gasteiger partial charge >= 0.3 is 5.97 Å². The third-order valence-corrected chi connectivity index (χ3v) is 2.51. The zero-order valence-corrected chi connectivity index (χ0v) is 10.6. The van der Waals surface area contributed by atoms with Crippen LogP contribution in [0.4, 0.5) is 11.4 Å². The highest BCUT2D eigenvalue weighted by atomic mass is 16.5. The lowest BCUT2D eigenvalue weighted by atomic mass is 10.0. The highest BCUT2D eigenvalue weighted by molar-refractivity contribution is 5.98. The van der Waals surface area contributed by atoms with Crippen molar-refractivity contribution in [3.63, 3.8) is 0 Å². The molecule has 1 rings (SSSR count). The average Bonchev–Trinajstić information content (AvgIpc) is 2.30. The van der Waals surface area contributed by atoms with Gasteiger partial charge < -0.3 is 21.5 Å². The largest absolute Gasteiger partial charge is 0.465 e. The van der Waals surface area contributed by atoms with Crippen LogP contribution in [0.2, 0.25) is 0 Å². The molecule has 0 fully saturated rings. The molecule has 1 aromatic rings. The summed E-state index contributed by atoms with van der Waals surface area (Å²) in [6, 6.07) is 4.70. The third kappa shape index (κ3) is 2.91. The van der Waals surface area contributed by atoms with E-state index in [1.54, 1.807) is 26.0 Å². The zero-order chi connectivity index (χ0) is 13.9. The van der Waals surface area contributed by atoms with Gasteiger partial charge in [0, 0.05) is 11.4 Å². The summed E-state index contributed by atoms with van der Waals surface area (Å²) in [6.07, 6.45) is 0. The smallest absolute Gasteiger partial charge is 0.340 e. The number of rotatable bonds is 4. The van der Waals surface area contributed by atoms with E-state index in [0.717, 1.165) is 0 Å². The van der Waals surface area contributed by atoms with Gasteiger partial charge in [0.2, 0.25) is 5.91 Å². The molecule has 0 saturated carbocycles. The van der Waals surface area contributed by atoms with Gasteiger partial charge in [-0.1, -0.05) is 0 Å². The molecule has 1 aromatic carbocycles. The molecule has 6 heteroatoms. The monoisotopic (exact) mass is 251 g/mol. The second-order valence-electron chi connectivity index (χ2n) is 4.41. The molecule has 0 saturated heterocycles. The van der Waals surface area contributed by atoms with Gasteiger partial charge in [0.15, 0.2) is 0 Å². The van der Waals surface area contributed by atoms with Crippen LogP contribution in [0.3, 0.4) is 0 Å². The maximum atomic E-state index is 11.6. The fraction of sp³-hybridized carbons (Fsp3) is 0.333.